The molecule has 1 aromatic rings. The van der Waals surface area contributed by atoms with Crippen molar-refractivity contribution in [3.05, 3.63) is 23.0 Å². The third-order valence-electron chi connectivity index (χ3n) is 4.46. The van der Waals surface area contributed by atoms with Gasteiger partial charge in [0.1, 0.15) is 5.69 Å². The van der Waals surface area contributed by atoms with Gasteiger partial charge in [0.25, 0.3) is 5.91 Å². The van der Waals surface area contributed by atoms with Crippen LogP contribution in [0, 0.1) is 11.3 Å². The van der Waals surface area contributed by atoms with Crippen molar-refractivity contribution in [2.45, 2.75) is 19.3 Å². The van der Waals surface area contributed by atoms with Gasteiger partial charge in [0.2, 0.25) is 0 Å². The van der Waals surface area contributed by atoms with Gasteiger partial charge in [-0.05, 0) is 24.8 Å². The van der Waals surface area contributed by atoms with Gasteiger partial charge in [-0.1, -0.05) is 18.0 Å². The molecule has 2 heterocycles. The zero-order chi connectivity index (χ0) is 13.6. The van der Waals surface area contributed by atoms with Crippen LogP contribution < -0.4 is 0 Å². The first kappa shape index (κ1) is 12.5. The summed E-state index contributed by atoms with van der Waals surface area (Å²) in [4.78, 5) is 28.3. The highest BCUT2D eigenvalue weighted by atomic mass is 35.5. The van der Waals surface area contributed by atoms with Crippen molar-refractivity contribution in [3.8, 4) is 0 Å². The number of rotatable bonds is 2. The second-order valence-electron chi connectivity index (χ2n) is 5.47. The summed E-state index contributed by atoms with van der Waals surface area (Å²) in [6, 6.07) is 1.57. The molecular weight excluding hydrogens is 268 g/mol. The number of aromatic nitrogens is 1. The molecule has 1 aliphatic heterocycles. The van der Waals surface area contributed by atoms with Crippen molar-refractivity contribution in [3.63, 3.8) is 0 Å². The molecule has 0 radical (unpaired) electrons. The fraction of sp³-hybridized carbons (Fsp3) is 0.538. The fourth-order valence-electron chi connectivity index (χ4n) is 3.46. The van der Waals surface area contributed by atoms with E-state index >= 15 is 0 Å². The number of hydrogen-bond donors (Lipinski definition) is 2. The normalized spacial score (nSPS) is 29.5. The Balaban J connectivity index is 1.82. The van der Waals surface area contributed by atoms with E-state index in [-0.39, 0.29) is 11.8 Å². The number of nitrogens with one attached hydrogen (secondary N) is 1. The van der Waals surface area contributed by atoms with Crippen LogP contribution in [0.2, 0.25) is 5.02 Å². The molecule has 6 heteroatoms. The van der Waals surface area contributed by atoms with Crippen LogP contribution in [-0.4, -0.2) is 40.0 Å². The number of halogens is 1. The summed E-state index contributed by atoms with van der Waals surface area (Å²) < 4.78 is 0. The topological polar surface area (TPSA) is 73.4 Å². The van der Waals surface area contributed by atoms with Gasteiger partial charge < -0.3 is 15.0 Å². The molecule has 1 aromatic heterocycles. The lowest BCUT2D eigenvalue weighted by atomic mass is 9.81. The maximum Gasteiger partial charge on any atom is 0.311 e. The Morgan fingerprint density at radius 3 is 2.89 bits per heavy atom. The lowest BCUT2D eigenvalue weighted by Gasteiger charge is -2.23. The molecule has 1 saturated heterocycles. The van der Waals surface area contributed by atoms with Crippen molar-refractivity contribution in [1.82, 2.24) is 9.88 Å². The number of aliphatic carboxylic acids is 1. The first-order chi connectivity index (χ1) is 9.03. The lowest BCUT2D eigenvalue weighted by molar-refractivity contribution is -0.149. The Kier molecular flexibility index (Phi) is 2.82. The molecule has 1 saturated carbocycles. The molecule has 1 aliphatic carbocycles. The van der Waals surface area contributed by atoms with E-state index in [1.165, 1.54) is 0 Å². The lowest BCUT2D eigenvalue weighted by Crippen LogP contribution is -2.37. The van der Waals surface area contributed by atoms with Crippen LogP contribution in [0.4, 0.5) is 0 Å². The van der Waals surface area contributed by atoms with Crippen molar-refractivity contribution >= 4 is 23.5 Å². The van der Waals surface area contributed by atoms with Crippen LogP contribution in [0.25, 0.3) is 0 Å². The van der Waals surface area contributed by atoms with Gasteiger partial charge in [-0.25, -0.2) is 0 Å². The van der Waals surface area contributed by atoms with Gasteiger partial charge in [0, 0.05) is 19.3 Å². The Bertz CT molecular complexity index is 542. The molecule has 1 amide bonds. The Hall–Kier alpha value is -1.49. The summed E-state index contributed by atoms with van der Waals surface area (Å²) in [5, 5.41) is 9.96. The third kappa shape index (κ3) is 1.84. The minimum absolute atomic E-state index is 0.0828. The molecule has 0 spiro atoms. The van der Waals surface area contributed by atoms with Crippen molar-refractivity contribution < 1.29 is 14.7 Å². The molecule has 0 bridgehead atoms. The largest absolute Gasteiger partial charge is 0.481 e. The highest BCUT2D eigenvalue weighted by Gasteiger charge is 2.55. The Morgan fingerprint density at radius 1 is 1.53 bits per heavy atom. The summed E-state index contributed by atoms with van der Waals surface area (Å²) in [6.45, 7) is 0.838. The second-order valence-corrected chi connectivity index (χ2v) is 5.90. The highest BCUT2D eigenvalue weighted by molar-refractivity contribution is 6.30. The predicted octanol–water partition coefficient (Wildman–Crippen LogP) is 1.99. The van der Waals surface area contributed by atoms with Crippen molar-refractivity contribution in [1.29, 1.82) is 0 Å². The van der Waals surface area contributed by atoms with E-state index < -0.39 is 11.4 Å². The van der Waals surface area contributed by atoms with Gasteiger partial charge in [0.15, 0.2) is 0 Å². The van der Waals surface area contributed by atoms with Crippen LogP contribution in [0.15, 0.2) is 12.3 Å². The van der Waals surface area contributed by atoms with Crippen LogP contribution >= 0.6 is 11.6 Å². The molecule has 102 valence electrons. The maximum atomic E-state index is 12.3. The van der Waals surface area contributed by atoms with E-state index in [0.717, 1.165) is 12.8 Å². The number of carbonyl (C=O) groups is 2. The average Bonchev–Trinajstić information content (AvgIpc) is 3.00. The molecule has 0 unspecified atom stereocenters. The molecule has 2 aliphatic rings. The van der Waals surface area contributed by atoms with Crippen LogP contribution in [-0.2, 0) is 4.79 Å². The number of H-pyrrole nitrogens is 1. The van der Waals surface area contributed by atoms with Crippen LogP contribution in [0.5, 0.6) is 0 Å². The minimum Gasteiger partial charge on any atom is -0.481 e. The molecule has 2 atom stereocenters. The Labute approximate surface area is 115 Å². The van der Waals surface area contributed by atoms with Gasteiger partial charge in [0.05, 0.1) is 10.4 Å². The zero-order valence-electron chi connectivity index (χ0n) is 10.4. The van der Waals surface area contributed by atoms with Crippen molar-refractivity contribution in [2.75, 3.05) is 13.1 Å². The summed E-state index contributed by atoms with van der Waals surface area (Å²) in [5.41, 5.74) is -0.308. The Morgan fingerprint density at radius 2 is 2.32 bits per heavy atom. The standard InChI is InChI=1S/C13H15ClN2O3/c14-9-4-10(15-5-9)11(17)16-6-8-2-1-3-13(8,7-16)12(18)19/h4-5,8,15H,1-3,6-7H2,(H,18,19)/t8-,13+/m0/s1. The highest BCUT2D eigenvalue weighted by Crippen LogP contribution is 2.49. The number of carboxylic acids is 1. The van der Waals surface area contributed by atoms with E-state index in [9.17, 15) is 14.7 Å². The number of likely N-dealkylation sites (tertiary alicyclic amines) is 1. The molecule has 0 aromatic carbocycles. The van der Waals surface area contributed by atoms with Crippen LogP contribution in [0.1, 0.15) is 29.8 Å². The monoisotopic (exact) mass is 282 g/mol. The van der Waals surface area contributed by atoms with Crippen molar-refractivity contribution in [2.24, 2.45) is 11.3 Å². The van der Waals surface area contributed by atoms with E-state index in [0.29, 0.717) is 30.2 Å². The number of carboxylic acid groups (broad SMARTS) is 1. The molecular formula is C13H15ClN2O3. The summed E-state index contributed by atoms with van der Waals surface area (Å²) >= 11 is 5.79. The summed E-state index contributed by atoms with van der Waals surface area (Å²) in [6.07, 6.45) is 4.05. The zero-order valence-corrected chi connectivity index (χ0v) is 11.1. The molecule has 5 nitrogen and oxygen atoms in total. The third-order valence-corrected chi connectivity index (χ3v) is 4.68. The van der Waals surface area contributed by atoms with E-state index in [1.54, 1.807) is 17.2 Å². The minimum atomic E-state index is -0.769. The number of aromatic amines is 1. The molecule has 2 fully saturated rings. The number of carbonyl (C=O) groups excluding carboxylic acids is 1. The predicted molar refractivity (Wildman–Crippen MR) is 69.1 cm³/mol. The first-order valence-electron chi connectivity index (χ1n) is 6.39. The van der Waals surface area contributed by atoms with Gasteiger partial charge in [-0.2, -0.15) is 0 Å². The quantitative estimate of drug-likeness (QED) is 0.871. The fourth-order valence-corrected chi connectivity index (χ4v) is 3.62. The SMILES string of the molecule is O=C(c1cc(Cl)c[nH]1)N1C[C@@H]2CCC[C@@]2(C(=O)O)C1. The van der Waals surface area contributed by atoms with Gasteiger partial charge in [-0.3, -0.25) is 9.59 Å². The summed E-state index contributed by atoms with van der Waals surface area (Å²) in [5.74, 6) is -0.851. The van der Waals surface area contributed by atoms with E-state index in [4.69, 9.17) is 11.6 Å². The van der Waals surface area contributed by atoms with Gasteiger partial charge >= 0.3 is 5.97 Å². The number of nitrogens with zero attached hydrogens (tertiary/aromatic N) is 1. The van der Waals surface area contributed by atoms with E-state index in [2.05, 4.69) is 4.98 Å². The number of hydrogen-bond acceptors (Lipinski definition) is 2. The molecule has 2 N–H and O–H groups in total. The van der Waals surface area contributed by atoms with Crippen LogP contribution in [0.3, 0.4) is 0 Å². The number of amides is 1. The smallest absolute Gasteiger partial charge is 0.311 e. The van der Waals surface area contributed by atoms with E-state index in [1.807, 2.05) is 0 Å². The second kappa shape index (κ2) is 4.27. The average molecular weight is 283 g/mol. The maximum absolute atomic E-state index is 12.3. The summed E-state index contributed by atoms with van der Waals surface area (Å²) in [7, 11) is 0. The first-order valence-corrected chi connectivity index (χ1v) is 6.77. The molecule has 19 heavy (non-hydrogen) atoms. The molecule has 3 rings (SSSR count). The number of fused-ring (bicyclic) bond motifs is 1. The van der Waals surface area contributed by atoms with Gasteiger partial charge in [-0.15, -0.1) is 0 Å².